The summed E-state index contributed by atoms with van der Waals surface area (Å²) in [5.41, 5.74) is 3.45. The number of hydrogen-bond donors (Lipinski definition) is 3. The third-order valence-electron chi connectivity index (χ3n) is 3.91. The van der Waals surface area contributed by atoms with E-state index in [0.717, 1.165) is 30.0 Å². The first-order valence-corrected chi connectivity index (χ1v) is 10.3. The van der Waals surface area contributed by atoms with E-state index in [2.05, 4.69) is 25.9 Å². The molecule has 0 unspecified atom stereocenters. The van der Waals surface area contributed by atoms with E-state index in [-0.39, 0.29) is 29.9 Å². The highest BCUT2D eigenvalue weighted by atomic mass is 127. The number of aryl methyl sites for hydroxylation is 1. The van der Waals surface area contributed by atoms with Crippen molar-refractivity contribution in [2.75, 3.05) is 33.3 Å². The van der Waals surface area contributed by atoms with Gasteiger partial charge in [0.1, 0.15) is 10.6 Å². The zero-order chi connectivity index (χ0) is 20.4. The van der Waals surface area contributed by atoms with Crippen LogP contribution in [-0.4, -0.2) is 50.1 Å². The molecular formula is C19H27ClIN5O2S. The Morgan fingerprint density at radius 2 is 2.03 bits per heavy atom. The third-order valence-corrected chi connectivity index (χ3v) is 5.19. The van der Waals surface area contributed by atoms with E-state index in [1.54, 1.807) is 18.7 Å². The van der Waals surface area contributed by atoms with Gasteiger partial charge in [0.25, 0.3) is 5.91 Å². The molecule has 1 aromatic heterocycles. The molecule has 1 aromatic carbocycles. The number of carbonyl (C=O) groups excluding carboxylic acids is 1. The van der Waals surface area contributed by atoms with Crippen LogP contribution in [0.3, 0.4) is 0 Å². The number of hydrogen-bond acceptors (Lipinski definition) is 5. The van der Waals surface area contributed by atoms with Gasteiger partial charge < -0.3 is 20.7 Å². The van der Waals surface area contributed by atoms with Crippen molar-refractivity contribution in [3.8, 4) is 5.75 Å². The van der Waals surface area contributed by atoms with Crippen molar-refractivity contribution >= 4 is 58.8 Å². The highest BCUT2D eigenvalue weighted by molar-refractivity contribution is 14.0. The fourth-order valence-electron chi connectivity index (χ4n) is 2.44. The van der Waals surface area contributed by atoms with Crippen LogP contribution >= 0.6 is 46.9 Å². The lowest BCUT2D eigenvalue weighted by Gasteiger charge is -2.12. The topological polar surface area (TPSA) is 87.6 Å². The Balaban J connectivity index is 0.00000420. The van der Waals surface area contributed by atoms with Gasteiger partial charge in [-0.15, -0.1) is 35.3 Å². The van der Waals surface area contributed by atoms with Crippen molar-refractivity contribution in [3.63, 3.8) is 0 Å². The molecule has 10 heteroatoms. The largest absolute Gasteiger partial charge is 0.497 e. The predicted octanol–water partition coefficient (Wildman–Crippen LogP) is 3.26. The van der Waals surface area contributed by atoms with Crippen molar-refractivity contribution in [2.24, 2.45) is 4.99 Å². The quantitative estimate of drug-likeness (QED) is 0.193. The van der Waals surface area contributed by atoms with Crippen LogP contribution in [0.25, 0.3) is 0 Å². The average molecular weight is 552 g/mol. The van der Waals surface area contributed by atoms with Gasteiger partial charge in [-0.2, -0.15) is 0 Å². The molecule has 0 aliphatic heterocycles. The van der Waals surface area contributed by atoms with Crippen LogP contribution < -0.4 is 20.7 Å². The Bertz CT molecular complexity index is 816. The maximum Gasteiger partial charge on any atom is 0.263 e. The first kappa shape index (κ1) is 25.4. The van der Waals surface area contributed by atoms with Gasteiger partial charge in [-0.25, -0.2) is 4.98 Å². The molecule has 2 rings (SSSR count). The van der Waals surface area contributed by atoms with E-state index >= 15 is 0 Å². The maximum absolute atomic E-state index is 12.1. The van der Waals surface area contributed by atoms with Crippen LogP contribution in [-0.2, 0) is 6.42 Å². The molecule has 0 fully saturated rings. The van der Waals surface area contributed by atoms with Crippen molar-refractivity contribution in [2.45, 2.75) is 20.3 Å². The monoisotopic (exact) mass is 551 g/mol. The molecule has 7 nitrogen and oxygen atoms in total. The van der Waals surface area contributed by atoms with Gasteiger partial charge >= 0.3 is 0 Å². The summed E-state index contributed by atoms with van der Waals surface area (Å²) < 4.78 is 5.16. The van der Waals surface area contributed by atoms with E-state index in [1.165, 1.54) is 11.3 Å². The van der Waals surface area contributed by atoms with Crippen molar-refractivity contribution in [1.29, 1.82) is 0 Å². The Labute approximate surface area is 197 Å². The molecule has 0 aliphatic carbocycles. The summed E-state index contributed by atoms with van der Waals surface area (Å²) in [5, 5.41) is 9.96. The average Bonchev–Trinajstić information content (AvgIpc) is 3.12. The number of nitrogens with zero attached hydrogens (tertiary/aromatic N) is 2. The number of aliphatic imine (C=N–C) groups is 1. The van der Waals surface area contributed by atoms with Gasteiger partial charge in [0.15, 0.2) is 5.96 Å². The molecule has 0 saturated heterocycles. The highest BCUT2D eigenvalue weighted by Crippen LogP contribution is 2.22. The van der Waals surface area contributed by atoms with Crippen LogP contribution in [0.15, 0.2) is 28.7 Å². The van der Waals surface area contributed by atoms with Crippen LogP contribution in [0.2, 0.25) is 5.02 Å². The number of rotatable bonds is 9. The Hall–Kier alpha value is -1.59. The normalized spacial score (nSPS) is 10.8. The number of amides is 1. The molecule has 3 N–H and O–H groups in total. The lowest BCUT2D eigenvalue weighted by atomic mass is 10.1. The fourth-order valence-corrected chi connectivity index (χ4v) is 3.43. The number of benzene rings is 1. The standard InChI is InChI=1S/C19H26ClN5O2S.HI/c1-4-21-19(23-8-7-14-5-6-15(27-3)11-16(14)20)24-10-9-22-18(26)17-13(2)25-12-28-17;/h5-6,11-12H,4,7-10H2,1-3H3,(H,22,26)(H2,21,23,24);1H. The van der Waals surface area contributed by atoms with Gasteiger partial charge in [0.2, 0.25) is 0 Å². The van der Waals surface area contributed by atoms with E-state index in [0.29, 0.717) is 35.5 Å². The van der Waals surface area contributed by atoms with Gasteiger partial charge in [0, 0.05) is 31.2 Å². The smallest absolute Gasteiger partial charge is 0.263 e. The molecule has 2 aromatic rings. The summed E-state index contributed by atoms with van der Waals surface area (Å²) in [4.78, 5) is 21.4. The molecular weight excluding hydrogens is 525 g/mol. The summed E-state index contributed by atoms with van der Waals surface area (Å²) in [5.74, 6) is 1.34. The van der Waals surface area contributed by atoms with E-state index in [4.69, 9.17) is 16.3 Å². The molecule has 29 heavy (non-hydrogen) atoms. The SMILES string of the molecule is CCNC(=NCCc1ccc(OC)cc1Cl)NCCNC(=O)c1scnc1C.I. The number of aromatic nitrogens is 1. The van der Waals surface area contributed by atoms with Gasteiger partial charge in [0.05, 0.1) is 18.3 Å². The molecule has 1 amide bonds. The molecule has 0 saturated carbocycles. The summed E-state index contributed by atoms with van der Waals surface area (Å²) in [6.45, 7) is 6.24. The van der Waals surface area contributed by atoms with E-state index in [9.17, 15) is 4.79 Å². The van der Waals surface area contributed by atoms with E-state index in [1.807, 2.05) is 26.0 Å². The molecule has 1 heterocycles. The number of carbonyl (C=O) groups is 1. The van der Waals surface area contributed by atoms with Crippen LogP contribution in [0.4, 0.5) is 0 Å². The summed E-state index contributed by atoms with van der Waals surface area (Å²) >= 11 is 7.61. The fraction of sp³-hybridized carbons (Fsp3) is 0.421. The summed E-state index contributed by atoms with van der Waals surface area (Å²) in [6.07, 6.45) is 0.723. The number of ether oxygens (including phenoxy) is 1. The minimum absolute atomic E-state index is 0. The van der Waals surface area contributed by atoms with Crippen LogP contribution in [0, 0.1) is 6.92 Å². The van der Waals surface area contributed by atoms with Gasteiger partial charge in [-0.1, -0.05) is 17.7 Å². The first-order valence-electron chi connectivity index (χ1n) is 9.08. The van der Waals surface area contributed by atoms with Gasteiger partial charge in [-0.05, 0) is 38.0 Å². The van der Waals surface area contributed by atoms with Crippen molar-refractivity contribution < 1.29 is 9.53 Å². The van der Waals surface area contributed by atoms with Crippen LogP contribution in [0.5, 0.6) is 5.75 Å². The summed E-state index contributed by atoms with van der Waals surface area (Å²) in [7, 11) is 1.62. The lowest BCUT2D eigenvalue weighted by Crippen LogP contribution is -2.41. The summed E-state index contributed by atoms with van der Waals surface area (Å²) in [6, 6.07) is 5.65. The number of methoxy groups -OCH3 is 1. The number of thiazole rings is 1. The predicted molar refractivity (Wildman–Crippen MR) is 130 cm³/mol. The molecule has 0 aliphatic rings. The molecule has 0 atom stereocenters. The maximum atomic E-state index is 12.1. The van der Waals surface area contributed by atoms with Gasteiger partial charge in [-0.3, -0.25) is 9.79 Å². The Kier molecular flexibility index (Phi) is 11.9. The van der Waals surface area contributed by atoms with E-state index < -0.39 is 0 Å². The number of guanidine groups is 1. The minimum atomic E-state index is -0.0992. The first-order chi connectivity index (χ1) is 13.5. The number of halogens is 2. The molecule has 160 valence electrons. The molecule has 0 radical (unpaired) electrons. The highest BCUT2D eigenvalue weighted by Gasteiger charge is 2.10. The third kappa shape index (κ3) is 8.35. The zero-order valence-electron chi connectivity index (χ0n) is 16.8. The Morgan fingerprint density at radius 3 is 2.66 bits per heavy atom. The Morgan fingerprint density at radius 1 is 1.28 bits per heavy atom. The van der Waals surface area contributed by atoms with Crippen LogP contribution in [0.1, 0.15) is 27.9 Å². The second-order valence-electron chi connectivity index (χ2n) is 5.92. The second kappa shape index (κ2) is 13.6. The molecule has 0 bridgehead atoms. The lowest BCUT2D eigenvalue weighted by molar-refractivity contribution is 0.0957. The van der Waals surface area contributed by atoms with Crippen molar-refractivity contribution in [3.05, 3.63) is 44.9 Å². The van der Waals surface area contributed by atoms with Crippen molar-refractivity contribution in [1.82, 2.24) is 20.9 Å². The minimum Gasteiger partial charge on any atom is -0.497 e. The zero-order valence-corrected chi connectivity index (χ0v) is 20.7. The molecule has 0 spiro atoms. The second-order valence-corrected chi connectivity index (χ2v) is 7.18. The number of nitrogens with one attached hydrogen (secondary N) is 3.